The van der Waals surface area contributed by atoms with E-state index >= 15 is 0 Å². The maximum Gasteiger partial charge on any atom is 0.245 e. The zero-order chi connectivity index (χ0) is 27.8. The fourth-order valence-electron chi connectivity index (χ4n) is 4.57. The van der Waals surface area contributed by atoms with Crippen molar-refractivity contribution < 1.29 is 16.4 Å². The molecule has 2 atom stereocenters. The number of amidine groups is 1. The third-order valence-corrected chi connectivity index (χ3v) is 7.61. The highest BCUT2D eigenvalue weighted by Crippen LogP contribution is 2.31. The summed E-state index contributed by atoms with van der Waals surface area (Å²) in [5.41, 5.74) is 13.6. The number of aryl methyl sites for hydroxylation is 1. The van der Waals surface area contributed by atoms with Crippen LogP contribution in [0.1, 0.15) is 35.1 Å². The first-order valence-corrected chi connectivity index (χ1v) is 14.4. The monoisotopic (exact) mass is 581 g/mol. The van der Waals surface area contributed by atoms with Gasteiger partial charge in [-0.2, -0.15) is 0 Å². The fraction of sp³-hybridized carbons (Fsp3) is 0.423. The molecule has 4 rings (SSSR count). The predicted octanol–water partition coefficient (Wildman–Crippen LogP) is 3.56. The van der Waals surface area contributed by atoms with Crippen LogP contribution in [0.5, 0.6) is 0 Å². The molecule has 0 spiro atoms. The van der Waals surface area contributed by atoms with Crippen molar-refractivity contribution in [2.45, 2.75) is 44.0 Å². The molecule has 2 aromatic carbocycles. The van der Waals surface area contributed by atoms with Gasteiger partial charge >= 0.3 is 0 Å². The van der Waals surface area contributed by atoms with Gasteiger partial charge in [-0.15, -0.1) is 0 Å². The van der Waals surface area contributed by atoms with Crippen molar-refractivity contribution >= 4 is 63.1 Å². The summed E-state index contributed by atoms with van der Waals surface area (Å²) in [5.74, 6) is 0.632. The molecule has 38 heavy (non-hydrogen) atoms. The number of hydrogen-bond acceptors (Lipinski definition) is 6. The van der Waals surface area contributed by atoms with E-state index in [4.69, 9.17) is 23.1 Å². The number of fused-ring (bicyclic) bond motifs is 1. The molecule has 4 N–H and O–H groups in total. The molecule has 0 aliphatic carbocycles. The van der Waals surface area contributed by atoms with Gasteiger partial charge in [0.05, 0.1) is 0 Å². The average Bonchev–Trinajstić information content (AvgIpc) is 2.91. The predicted molar refractivity (Wildman–Crippen MR) is 162 cm³/mol. The van der Waals surface area contributed by atoms with Crippen LogP contribution < -0.4 is 21.3 Å². The normalized spacial score (nSPS) is 17.2. The van der Waals surface area contributed by atoms with E-state index in [1.165, 1.54) is 5.56 Å². The lowest BCUT2D eigenvalue weighted by Crippen LogP contribution is -2.55. The van der Waals surface area contributed by atoms with E-state index in [1.807, 2.05) is 49.1 Å². The van der Waals surface area contributed by atoms with Gasteiger partial charge in [0, 0.05) is 63.3 Å². The molecule has 0 aromatic heterocycles. The Kier molecular flexibility index (Phi) is 10.9. The number of nitrogens with zero attached hydrogens (tertiary/aromatic N) is 4. The molecule has 0 radical (unpaired) electrons. The Morgan fingerprint density at radius 2 is 1.82 bits per heavy atom. The Morgan fingerprint density at radius 1 is 1.16 bits per heavy atom. The van der Waals surface area contributed by atoms with Crippen LogP contribution in [0.3, 0.4) is 0 Å². The maximum atomic E-state index is 13.2. The topological polar surface area (TPSA) is 131 Å². The van der Waals surface area contributed by atoms with Crippen LogP contribution in [0.25, 0.3) is 0 Å². The third kappa shape index (κ3) is 7.89. The summed E-state index contributed by atoms with van der Waals surface area (Å²) in [6.45, 7) is 7.50. The van der Waals surface area contributed by atoms with Crippen molar-refractivity contribution in [2.75, 3.05) is 42.5 Å². The number of amides is 1. The lowest BCUT2D eigenvalue weighted by Gasteiger charge is -2.41. The minimum atomic E-state index is -2.21. The molecule has 12 heteroatoms. The molecule has 2 heterocycles. The third-order valence-electron chi connectivity index (χ3n) is 6.62. The van der Waals surface area contributed by atoms with Gasteiger partial charge in [-0.1, -0.05) is 18.5 Å². The van der Waals surface area contributed by atoms with Crippen molar-refractivity contribution in [3.63, 3.8) is 0 Å². The summed E-state index contributed by atoms with van der Waals surface area (Å²) in [6.07, 6.45) is 2.70. The van der Waals surface area contributed by atoms with E-state index in [2.05, 4.69) is 27.0 Å². The van der Waals surface area contributed by atoms with E-state index in [0.29, 0.717) is 25.3 Å². The number of anilines is 2. The first kappa shape index (κ1) is 29.8. The second-order valence-corrected chi connectivity index (χ2v) is 10.9. The van der Waals surface area contributed by atoms with Crippen molar-refractivity contribution in [3.05, 3.63) is 53.1 Å². The molecule has 0 saturated carbocycles. The molecule has 2 aliphatic heterocycles. The molecule has 210 valence electrons. The summed E-state index contributed by atoms with van der Waals surface area (Å²) in [6, 6.07) is 12.6. The average molecular weight is 582 g/mol. The lowest BCUT2D eigenvalue weighted by atomic mass is 10.00. The van der Waals surface area contributed by atoms with Crippen molar-refractivity contribution in [1.29, 1.82) is 0 Å². The molecular weight excluding hydrogens is 544 g/mol. The van der Waals surface area contributed by atoms with Crippen LogP contribution in [0, 0.1) is 0 Å². The molecule has 2 aromatic rings. The fourth-order valence-corrected chi connectivity index (χ4v) is 5.24. The van der Waals surface area contributed by atoms with Crippen molar-refractivity contribution in [3.8, 4) is 0 Å². The zero-order valence-electron chi connectivity index (χ0n) is 21.6. The van der Waals surface area contributed by atoms with Gasteiger partial charge in [0.2, 0.25) is 5.91 Å². The first-order chi connectivity index (χ1) is 18.1. The number of nitrogens with two attached hydrogens (primary N) is 2. The number of piperazine rings is 1. The molecule has 1 amide bonds. The number of benzene rings is 2. The molecule has 1 saturated heterocycles. The summed E-state index contributed by atoms with van der Waals surface area (Å²) >= 11 is 8.38. The van der Waals surface area contributed by atoms with Crippen molar-refractivity contribution in [1.82, 2.24) is 4.90 Å². The molecular formula is C26H38ClN6O3S2-. The highest BCUT2D eigenvalue weighted by molar-refractivity contribution is 7.80. The van der Waals surface area contributed by atoms with Crippen LogP contribution in [-0.4, -0.2) is 69.3 Å². The minimum Gasteiger partial charge on any atom is -0.768 e. The van der Waals surface area contributed by atoms with E-state index in [0.717, 1.165) is 48.9 Å². The molecule has 0 bridgehead atoms. The Labute approximate surface area is 240 Å². The number of rotatable bonds is 5. The molecule has 2 aliphatic rings. The van der Waals surface area contributed by atoms with Gasteiger partial charge in [-0.25, -0.2) is 4.99 Å². The van der Waals surface area contributed by atoms with E-state index in [9.17, 15) is 13.6 Å². The van der Waals surface area contributed by atoms with Gasteiger partial charge in [-0.3, -0.25) is 9.00 Å². The summed E-state index contributed by atoms with van der Waals surface area (Å²) in [7, 11) is 0. The number of carbonyl (C=O) groups is 1. The highest BCUT2D eigenvalue weighted by Gasteiger charge is 2.31. The SMILES string of the molecule is CCC(N)=NC(N)=S.C[C@H](C(=O)N1CCN(c2ccc(S(=O)[O-])cc2)CC1)N1CCCc2cc(Cl)ccc21.[HH].[HH]. The van der Waals surface area contributed by atoms with E-state index < -0.39 is 11.1 Å². The smallest absolute Gasteiger partial charge is 0.245 e. The van der Waals surface area contributed by atoms with E-state index in [-0.39, 0.29) is 24.8 Å². The Morgan fingerprint density at radius 3 is 2.37 bits per heavy atom. The quantitative estimate of drug-likeness (QED) is 0.237. The molecule has 1 unspecified atom stereocenters. The Balaban J connectivity index is 0.000000704. The number of thiocarbonyl (C=S) groups is 1. The molecule has 1 fully saturated rings. The summed E-state index contributed by atoms with van der Waals surface area (Å²) < 4.78 is 22.1. The lowest BCUT2D eigenvalue weighted by molar-refractivity contribution is -0.132. The standard InChI is InChI=1S/C22H26ClN3O3S.C4H9N3S.2H2/c1-16(26-10-2-3-17-15-18(23)4-9-21(17)26)22(27)25-13-11-24(12-14-25)19-5-7-20(8-6-19)30(28)29;1-2-3(5)7-4(6)8;;/h4-9,15-16H,2-3,10-14H2,1H3,(H,28,29);2H2,1H3,(H4,5,6,7,8);2*1H/p-1/t16-;;;/m1.../s1. The molecule has 9 nitrogen and oxygen atoms in total. The van der Waals surface area contributed by atoms with Crippen molar-refractivity contribution in [2.24, 2.45) is 16.5 Å². The number of halogens is 1. The summed E-state index contributed by atoms with van der Waals surface area (Å²) in [5, 5.41) is 0.838. The van der Waals surface area contributed by atoms with Gasteiger partial charge in [0.25, 0.3) is 0 Å². The first-order valence-electron chi connectivity index (χ1n) is 12.5. The van der Waals surface area contributed by atoms with Crippen LogP contribution in [0.2, 0.25) is 5.02 Å². The second kappa shape index (κ2) is 13.9. The number of carbonyl (C=O) groups excluding carboxylic acids is 1. The number of aliphatic imine (C=N–C) groups is 1. The van der Waals surface area contributed by atoms with Crippen LogP contribution in [0.4, 0.5) is 11.4 Å². The van der Waals surface area contributed by atoms with Crippen LogP contribution >= 0.6 is 23.8 Å². The second-order valence-electron chi connectivity index (χ2n) is 9.08. The van der Waals surface area contributed by atoms with Gasteiger partial charge < -0.3 is 30.7 Å². The Bertz CT molecular complexity index is 1200. The maximum absolute atomic E-state index is 13.2. The van der Waals surface area contributed by atoms with Gasteiger partial charge in [-0.05, 0) is 91.1 Å². The van der Waals surface area contributed by atoms with Crippen LogP contribution in [-0.2, 0) is 22.3 Å². The van der Waals surface area contributed by atoms with Crippen LogP contribution in [0.15, 0.2) is 52.4 Å². The minimum absolute atomic E-state index is 0. The number of hydrogen-bond donors (Lipinski definition) is 2. The zero-order valence-corrected chi connectivity index (χ0v) is 24.0. The summed E-state index contributed by atoms with van der Waals surface area (Å²) in [4.78, 5) is 23.4. The van der Waals surface area contributed by atoms with E-state index in [1.54, 1.807) is 12.1 Å². The Hall–Kier alpha value is -2.73. The highest BCUT2D eigenvalue weighted by atomic mass is 35.5. The van der Waals surface area contributed by atoms with Gasteiger partial charge in [0.15, 0.2) is 5.11 Å². The largest absolute Gasteiger partial charge is 0.768 e. The van der Waals surface area contributed by atoms with Gasteiger partial charge in [0.1, 0.15) is 11.9 Å².